The minimum absolute atomic E-state index is 0.00264. The Morgan fingerprint density at radius 2 is 1.82 bits per heavy atom. The van der Waals surface area contributed by atoms with Gasteiger partial charge in [-0.25, -0.2) is 4.98 Å². The summed E-state index contributed by atoms with van der Waals surface area (Å²) in [6.45, 7) is 3.22. The zero-order chi connectivity index (χ0) is 21.3. The number of nitrogens with one attached hydrogen (secondary N) is 1. The summed E-state index contributed by atoms with van der Waals surface area (Å²) in [5.41, 5.74) is -4.90. The van der Waals surface area contributed by atoms with Gasteiger partial charge in [0.05, 0.1) is 6.10 Å². The van der Waals surface area contributed by atoms with E-state index in [4.69, 9.17) is 4.74 Å². The number of pyridine rings is 1. The average Bonchev–Trinajstić information content (AvgIpc) is 2.91. The molecule has 0 aliphatic carbocycles. The van der Waals surface area contributed by atoms with E-state index in [0.29, 0.717) is 12.6 Å². The van der Waals surface area contributed by atoms with E-state index in [2.05, 4.69) is 10.1 Å². The van der Waals surface area contributed by atoms with Crippen LogP contribution in [0, 0.1) is 0 Å². The first-order valence-corrected chi connectivity index (χ1v) is 7.92. The summed E-state index contributed by atoms with van der Waals surface area (Å²) in [5.74, 6) is -1.26. The summed E-state index contributed by atoms with van der Waals surface area (Å²) in [6, 6.07) is 2.94. The fourth-order valence-corrected chi connectivity index (χ4v) is 2.36. The van der Waals surface area contributed by atoms with Gasteiger partial charge < -0.3 is 10.1 Å². The maximum absolute atomic E-state index is 13.2. The molecule has 0 bridgehead atoms. The molecule has 0 saturated heterocycles. The molecular weight excluding hydrogens is 394 g/mol. The number of carbonyl (C=O) groups excluding carboxylic acids is 1. The molecule has 0 aromatic carbocycles. The Morgan fingerprint density at radius 3 is 2.29 bits per heavy atom. The summed E-state index contributed by atoms with van der Waals surface area (Å²) < 4.78 is 83.9. The predicted octanol–water partition coefficient (Wildman–Crippen LogP) is 3.57. The Labute approximate surface area is 155 Å². The van der Waals surface area contributed by atoms with E-state index in [1.807, 2.05) is 5.32 Å². The molecule has 12 heteroatoms. The van der Waals surface area contributed by atoms with Crippen LogP contribution >= 0.6 is 0 Å². The van der Waals surface area contributed by atoms with Crippen LogP contribution in [0.1, 0.15) is 41.2 Å². The van der Waals surface area contributed by atoms with Gasteiger partial charge in [0.25, 0.3) is 5.91 Å². The number of halogens is 6. The molecule has 1 amide bonds. The lowest BCUT2D eigenvalue weighted by Gasteiger charge is -2.12. The second kappa shape index (κ2) is 7.68. The number of rotatable bonds is 5. The van der Waals surface area contributed by atoms with Gasteiger partial charge in [0.15, 0.2) is 11.4 Å². The second-order valence-corrected chi connectivity index (χ2v) is 6.05. The molecule has 2 aromatic rings. The van der Waals surface area contributed by atoms with Gasteiger partial charge in [0, 0.05) is 25.9 Å². The number of amides is 1. The standard InChI is InChI=1S/C16H16F6N4O2/c1-8(2)28-10-5-4-9(6-23-10)7-24-14(27)11-12(15(17,18)19)25-26(3)13(11)16(20,21)22/h4-6,8H,7H2,1-3H3,(H,24,27). The van der Waals surface area contributed by atoms with Crippen LogP contribution in [0.3, 0.4) is 0 Å². The van der Waals surface area contributed by atoms with Crippen LogP contribution in [0.4, 0.5) is 26.3 Å². The van der Waals surface area contributed by atoms with Crippen LogP contribution in [0.5, 0.6) is 5.88 Å². The number of aryl methyl sites for hydroxylation is 1. The molecular formula is C16H16F6N4O2. The zero-order valence-corrected chi connectivity index (χ0v) is 14.9. The second-order valence-electron chi connectivity index (χ2n) is 6.05. The zero-order valence-electron chi connectivity index (χ0n) is 14.9. The van der Waals surface area contributed by atoms with Crippen LogP contribution < -0.4 is 10.1 Å². The molecule has 0 unspecified atom stereocenters. The Kier molecular flexibility index (Phi) is 5.90. The molecule has 0 radical (unpaired) electrons. The smallest absolute Gasteiger partial charge is 0.435 e. The van der Waals surface area contributed by atoms with E-state index in [-0.39, 0.29) is 23.2 Å². The lowest BCUT2D eigenvalue weighted by molar-refractivity contribution is -0.144. The summed E-state index contributed by atoms with van der Waals surface area (Å²) >= 11 is 0. The lowest BCUT2D eigenvalue weighted by Crippen LogP contribution is -2.28. The van der Waals surface area contributed by atoms with Gasteiger partial charge in [-0.3, -0.25) is 9.48 Å². The van der Waals surface area contributed by atoms with Gasteiger partial charge in [-0.05, 0) is 19.4 Å². The van der Waals surface area contributed by atoms with Crippen molar-refractivity contribution in [3.8, 4) is 5.88 Å². The Balaban J connectivity index is 2.26. The van der Waals surface area contributed by atoms with Crippen LogP contribution in [-0.2, 0) is 25.9 Å². The van der Waals surface area contributed by atoms with E-state index in [1.54, 1.807) is 13.8 Å². The topological polar surface area (TPSA) is 69.0 Å². The summed E-state index contributed by atoms with van der Waals surface area (Å²) in [4.78, 5) is 16.1. The van der Waals surface area contributed by atoms with E-state index in [1.165, 1.54) is 18.3 Å². The van der Waals surface area contributed by atoms with Crippen LogP contribution in [0.2, 0.25) is 0 Å². The Hall–Kier alpha value is -2.79. The van der Waals surface area contributed by atoms with E-state index < -0.39 is 35.2 Å². The van der Waals surface area contributed by atoms with Gasteiger partial charge in [0.2, 0.25) is 5.88 Å². The molecule has 2 aromatic heterocycles. The normalized spacial score (nSPS) is 12.4. The largest absolute Gasteiger partial charge is 0.475 e. The summed E-state index contributed by atoms with van der Waals surface area (Å²) in [7, 11) is 0.687. The molecule has 28 heavy (non-hydrogen) atoms. The first kappa shape index (κ1) is 21.5. The van der Waals surface area contributed by atoms with Crippen LogP contribution in [0.25, 0.3) is 0 Å². The number of hydrogen-bond donors (Lipinski definition) is 1. The lowest BCUT2D eigenvalue weighted by atomic mass is 10.1. The molecule has 0 atom stereocenters. The van der Waals surface area contributed by atoms with Crippen LogP contribution in [0.15, 0.2) is 18.3 Å². The average molecular weight is 410 g/mol. The van der Waals surface area contributed by atoms with Crippen molar-refractivity contribution in [1.29, 1.82) is 0 Å². The summed E-state index contributed by atoms with van der Waals surface area (Å²) in [6.07, 6.45) is -9.28. The monoisotopic (exact) mass is 410 g/mol. The van der Waals surface area contributed by atoms with Gasteiger partial charge in [-0.15, -0.1) is 0 Å². The van der Waals surface area contributed by atoms with E-state index in [0.717, 1.165) is 0 Å². The number of alkyl halides is 6. The van der Waals surface area contributed by atoms with Gasteiger partial charge in [0.1, 0.15) is 5.56 Å². The van der Waals surface area contributed by atoms with Crippen molar-refractivity contribution in [1.82, 2.24) is 20.1 Å². The SMILES string of the molecule is CC(C)Oc1ccc(CNC(=O)c2c(C(F)(F)F)nn(C)c2C(F)(F)F)cn1. The molecule has 0 saturated carbocycles. The first-order chi connectivity index (χ1) is 12.8. The Morgan fingerprint density at radius 1 is 1.18 bits per heavy atom. The molecule has 2 rings (SSSR count). The van der Waals surface area contributed by atoms with Crippen molar-refractivity contribution in [2.75, 3.05) is 0 Å². The van der Waals surface area contributed by atoms with Crippen LogP contribution in [-0.4, -0.2) is 26.8 Å². The predicted molar refractivity (Wildman–Crippen MR) is 84.4 cm³/mol. The molecule has 1 N–H and O–H groups in total. The molecule has 6 nitrogen and oxygen atoms in total. The van der Waals surface area contributed by atoms with Crippen molar-refractivity contribution in [3.63, 3.8) is 0 Å². The number of carbonyl (C=O) groups is 1. The van der Waals surface area contributed by atoms with E-state index in [9.17, 15) is 31.1 Å². The van der Waals surface area contributed by atoms with Gasteiger partial charge in [-0.1, -0.05) is 6.07 Å². The highest BCUT2D eigenvalue weighted by Crippen LogP contribution is 2.38. The number of aromatic nitrogens is 3. The third-order valence-corrected chi connectivity index (χ3v) is 3.42. The van der Waals surface area contributed by atoms with Crippen molar-refractivity contribution in [2.24, 2.45) is 7.05 Å². The fraction of sp³-hybridized carbons (Fsp3) is 0.438. The third-order valence-electron chi connectivity index (χ3n) is 3.42. The first-order valence-electron chi connectivity index (χ1n) is 7.92. The molecule has 0 aliphatic heterocycles. The number of nitrogens with zero attached hydrogens (tertiary/aromatic N) is 3. The minimum atomic E-state index is -5.23. The van der Waals surface area contributed by atoms with Gasteiger partial charge >= 0.3 is 12.4 Å². The maximum atomic E-state index is 13.2. The molecule has 2 heterocycles. The highest BCUT2D eigenvalue weighted by atomic mass is 19.4. The number of ether oxygens (including phenoxy) is 1. The van der Waals surface area contributed by atoms with Crippen molar-refractivity contribution in [2.45, 2.75) is 38.8 Å². The molecule has 154 valence electrons. The Bertz CT molecular complexity index is 841. The van der Waals surface area contributed by atoms with E-state index >= 15 is 0 Å². The van der Waals surface area contributed by atoms with Crippen molar-refractivity contribution in [3.05, 3.63) is 40.8 Å². The maximum Gasteiger partial charge on any atom is 0.435 e. The van der Waals surface area contributed by atoms with Gasteiger partial charge in [-0.2, -0.15) is 31.4 Å². The third kappa shape index (κ3) is 4.93. The molecule has 0 spiro atoms. The highest BCUT2D eigenvalue weighted by molar-refractivity contribution is 5.96. The highest BCUT2D eigenvalue weighted by Gasteiger charge is 2.48. The minimum Gasteiger partial charge on any atom is -0.475 e. The summed E-state index contributed by atoms with van der Waals surface area (Å²) in [5, 5.41) is 4.89. The molecule has 0 aliphatic rings. The fourth-order valence-electron chi connectivity index (χ4n) is 2.36. The van der Waals surface area contributed by atoms with Crippen molar-refractivity contribution < 1.29 is 35.9 Å². The molecule has 0 fully saturated rings. The number of hydrogen-bond acceptors (Lipinski definition) is 4. The van der Waals surface area contributed by atoms with Crippen molar-refractivity contribution >= 4 is 5.91 Å². The quantitative estimate of drug-likeness (QED) is 0.766.